The molecule has 0 fully saturated rings. The summed E-state index contributed by atoms with van der Waals surface area (Å²) in [6.07, 6.45) is 1.60. The molecule has 2 nitrogen and oxygen atoms in total. The van der Waals surface area contributed by atoms with Gasteiger partial charge in [0.2, 0.25) is 0 Å². The number of fused-ring (bicyclic) bond motifs is 6. The van der Waals surface area contributed by atoms with Gasteiger partial charge < -0.3 is 8.83 Å². The van der Waals surface area contributed by atoms with E-state index >= 15 is 0 Å². The van der Waals surface area contributed by atoms with E-state index < -0.39 is 24.2 Å². The Morgan fingerprint density at radius 1 is 0.556 bits per heavy atom. The van der Waals surface area contributed by atoms with Gasteiger partial charge in [-0.2, -0.15) is 0 Å². The lowest BCUT2D eigenvalue weighted by molar-refractivity contribution is 0.616. The minimum absolute atomic E-state index is 0.147. The van der Waals surface area contributed by atoms with E-state index in [0.717, 1.165) is 16.2 Å². The Hall–Kier alpha value is -4.82. The second-order valence-corrected chi connectivity index (χ2v) is 8.71. The van der Waals surface area contributed by atoms with Gasteiger partial charge >= 0.3 is 0 Å². The minimum Gasteiger partial charge on any atom is -0.464 e. The fourth-order valence-corrected chi connectivity index (χ4v) is 5.24. The quantitative estimate of drug-likeness (QED) is 0.236. The molecule has 0 spiro atoms. The van der Waals surface area contributed by atoms with Crippen LogP contribution in [0.4, 0.5) is 0 Å². The topological polar surface area (TPSA) is 26.3 Å². The zero-order valence-electron chi connectivity index (χ0n) is 26.7. The molecule has 0 N–H and O–H groups in total. The van der Waals surface area contributed by atoms with Crippen LogP contribution in [0, 0.1) is 0 Å². The lowest BCUT2D eigenvalue weighted by atomic mass is 9.85. The fourth-order valence-electron chi connectivity index (χ4n) is 5.24. The summed E-state index contributed by atoms with van der Waals surface area (Å²) in [4.78, 5) is 0. The third kappa shape index (κ3) is 2.67. The van der Waals surface area contributed by atoms with E-state index in [0.29, 0.717) is 33.4 Å². The first-order chi connectivity index (χ1) is 21.2. The zero-order valence-corrected chi connectivity index (χ0v) is 18.7. The maximum atomic E-state index is 9.14. The molecule has 168 valence electrons. The van der Waals surface area contributed by atoms with Gasteiger partial charge in [-0.25, -0.2) is 0 Å². The number of para-hydroxylation sites is 1. The van der Waals surface area contributed by atoms with Gasteiger partial charge in [-0.1, -0.05) is 96.9 Å². The molecule has 0 saturated heterocycles. The molecule has 8 aromatic rings. The standard InChI is InChI=1S/C34H20O2/c1-2-9-21(10-3-1)32-23-11-4-6-13-25(23)33(26-14-7-5-12-24(26)32)28-16-8-15-27-29-20-30-22(17-18-35-30)19-31(29)36-34(27)28/h1-20H/i4D,5D,6D,7D,11D,12D,13D,14D. The van der Waals surface area contributed by atoms with Crippen molar-refractivity contribution in [2.75, 3.05) is 0 Å². The first kappa shape index (κ1) is 13.3. The van der Waals surface area contributed by atoms with Gasteiger partial charge in [0.25, 0.3) is 0 Å². The Morgan fingerprint density at radius 3 is 1.97 bits per heavy atom. The summed E-state index contributed by atoms with van der Waals surface area (Å²) in [5.41, 5.74) is 3.26. The van der Waals surface area contributed by atoms with Gasteiger partial charge in [-0.3, -0.25) is 0 Å². The third-order valence-corrected chi connectivity index (χ3v) is 6.78. The highest BCUT2D eigenvalue weighted by Crippen LogP contribution is 2.46. The van der Waals surface area contributed by atoms with Crippen LogP contribution in [0.2, 0.25) is 0 Å². The van der Waals surface area contributed by atoms with Crippen molar-refractivity contribution in [3.63, 3.8) is 0 Å². The lowest BCUT2D eigenvalue weighted by Crippen LogP contribution is -1.90. The highest BCUT2D eigenvalue weighted by molar-refractivity contribution is 6.24. The van der Waals surface area contributed by atoms with E-state index in [1.165, 1.54) is 0 Å². The Labute approximate surface area is 218 Å². The highest BCUT2D eigenvalue weighted by atomic mass is 16.3. The van der Waals surface area contributed by atoms with Gasteiger partial charge in [-0.05, 0) is 50.9 Å². The molecule has 2 aromatic heterocycles. The summed E-state index contributed by atoms with van der Waals surface area (Å²) in [6, 6.07) is 17.0. The van der Waals surface area contributed by atoms with Gasteiger partial charge in [0.05, 0.1) is 17.2 Å². The number of hydrogen-bond donors (Lipinski definition) is 0. The van der Waals surface area contributed by atoms with Crippen LogP contribution in [0.3, 0.4) is 0 Å². The molecule has 6 aromatic carbocycles. The van der Waals surface area contributed by atoms with E-state index in [2.05, 4.69) is 0 Å². The van der Waals surface area contributed by atoms with Crippen LogP contribution in [0.1, 0.15) is 11.0 Å². The molecule has 0 atom stereocenters. The van der Waals surface area contributed by atoms with Crippen LogP contribution in [0.15, 0.2) is 130 Å². The summed E-state index contributed by atoms with van der Waals surface area (Å²) >= 11 is 0. The largest absolute Gasteiger partial charge is 0.464 e. The molecule has 0 aliphatic rings. The van der Waals surface area contributed by atoms with Gasteiger partial charge in [-0.15, -0.1) is 0 Å². The van der Waals surface area contributed by atoms with Crippen molar-refractivity contribution >= 4 is 54.5 Å². The molecule has 0 bridgehead atoms. The molecular weight excluding hydrogens is 440 g/mol. The SMILES string of the molecule is [2H]c1c([2H])c([2H])c2c(-c3cccc4c3oc3cc5ccoc5cc34)c3c([2H])c([2H])c([2H])c([2H])c3c(-c3ccccc3)c2c1[2H]. The van der Waals surface area contributed by atoms with Crippen LogP contribution in [-0.4, -0.2) is 0 Å². The van der Waals surface area contributed by atoms with Gasteiger partial charge in [0.1, 0.15) is 16.7 Å². The van der Waals surface area contributed by atoms with E-state index in [4.69, 9.17) is 19.8 Å². The molecule has 36 heavy (non-hydrogen) atoms. The zero-order chi connectivity index (χ0) is 30.6. The van der Waals surface area contributed by atoms with Crippen LogP contribution in [0.25, 0.3) is 76.7 Å². The molecular formula is C34H20O2. The van der Waals surface area contributed by atoms with Crippen LogP contribution in [-0.2, 0) is 0 Å². The maximum absolute atomic E-state index is 9.14. The number of benzene rings is 6. The number of furan rings is 2. The van der Waals surface area contributed by atoms with Crippen molar-refractivity contribution in [3.05, 3.63) is 121 Å². The lowest BCUT2D eigenvalue weighted by Gasteiger charge is -2.17. The van der Waals surface area contributed by atoms with Crippen molar-refractivity contribution in [3.8, 4) is 22.3 Å². The third-order valence-electron chi connectivity index (χ3n) is 6.78. The number of rotatable bonds is 2. The molecule has 0 aliphatic carbocycles. The Kier molecular flexibility index (Phi) is 2.71. The normalized spacial score (nSPS) is 15.0. The first-order valence-electron chi connectivity index (χ1n) is 15.5. The second-order valence-electron chi connectivity index (χ2n) is 8.71. The summed E-state index contributed by atoms with van der Waals surface area (Å²) < 4.78 is 82.9. The van der Waals surface area contributed by atoms with E-state index in [1.54, 1.807) is 42.7 Å². The summed E-state index contributed by atoms with van der Waals surface area (Å²) in [5, 5.41) is 2.99. The molecule has 2 heteroatoms. The van der Waals surface area contributed by atoms with Crippen molar-refractivity contribution in [2.24, 2.45) is 0 Å². The summed E-state index contributed by atoms with van der Waals surface area (Å²) in [6.45, 7) is 0. The monoisotopic (exact) mass is 468 g/mol. The number of hydrogen-bond acceptors (Lipinski definition) is 2. The fraction of sp³-hybridized carbons (Fsp3) is 0. The Balaban J connectivity index is 1.69. The average molecular weight is 469 g/mol. The molecule has 0 radical (unpaired) electrons. The van der Waals surface area contributed by atoms with Crippen molar-refractivity contribution in [2.45, 2.75) is 0 Å². The first-order valence-corrected chi connectivity index (χ1v) is 11.5. The van der Waals surface area contributed by atoms with E-state index in [1.807, 2.05) is 30.3 Å². The molecule has 0 amide bonds. The summed E-state index contributed by atoms with van der Waals surface area (Å²) in [7, 11) is 0. The van der Waals surface area contributed by atoms with E-state index in [-0.39, 0.29) is 51.3 Å². The maximum Gasteiger partial charge on any atom is 0.143 e. The van der Waals surface area contributed by atoms with Crippen LogP contribution < -0.4 is 0 Å². The molecule has 0 aliphatic heterocycles. The molecule has 8 rings (SSSR count). The summed E-state index contributed by atoms with van der Waals surface area (Å²) in [5.74, 6) is 0. The molecule has 0 saturated carbocycles. The van der Waals surface area contributed by atoms with Crippen molar-refractivity contribution in [1.29, 1.82) is 0 Å². The predicted octanol–water partition coefficient (Wildman–Crippen LogP) is 9.97. The Morgan fingerprint density at radius 2 is 1.25 bits per heavy atom. The van der Waals surface area contributed by atoms with E-state index in [9.17, 15) is 0 Å². The van der Waals surface area contributed by atoms with Crippen LogP contribution >= 0.6 is 0 Å². The average Bonchev–Trinajstić information content (AvgIpc) is 3.66. The van der Waals surface area contributed by atoms with Crippen LogP contribution in [0.5, 0.6) is 0 Å². The molecule has 2 heterocycles. The van der Waals surface area contributed by atoms with Crippen molar-refractivity contribution < 1.29 is 19.8 Å². The minimum atomic E-state index is -0.444. The van der Waals surface area contributed by atoms with Crippen molar-refractivity contribution in [1.82, 2.24) is 0 Å². The second kappa shape index (κ2) is 7.34. The molecule has 0 unspecified atom stereocenters. The highest BCUT2D eigenvalue weighted by Gasteiger charge is 2.20. The predicted molar refractivity (Wildman–Crippen MR) is 149 cm³/mol. The van der Waals surface area contributed by atoms with Gasteiger partial charge in [0.15, 0.2) is 0 Å². The Bertz CT molecular complexity index is 2450. The van der Waals surface area contributed by atoms with Gasteiger partial charge in [0, 0.05) is 27.3 Å². The smallest absolute Gasteiger partial charge is 0.143 e.